The maximum Gasteiger partial charge on any atom is 0.264 e. The van der Waals surface area contributed by atoms with E-state index in [2.05, 4.69) is 10.1 Å². The van der Waals surface area contributed by atoms with Crippen molar-refractivity contribution in [2.45, 2.75) is 25.4 Å². The number of allylic oxidation sites excluding steroid dienone is 2. The number of rotatable bonds is 4. The van der Waals surface area contributed by atoms with E-state index in [1.165, 1.54) is 0 Å². The number of benzene rings is 2. The van der Waals surface area contributed by atoms with E-state index in [1.54, 1.807) is 12.4 Å². The van der Waals surface area contributed by atoms with Crippen molar-refractivity contribution in [3.63, 3.8) is 0 Å². The lowest BCUT2D eigenvalue weighted by molar-refractivity contribution is -0.750. The molecule has 1 aliphatic carbocycles. The largest absolute Gasteiger partial charge is 0.410 e. The molecule has 2 aromatic rings. The van der Waals surface area contributed by atoms with Crippen LogP contribution in [-0.4, -0.2) is 38.3 Å². The van der Waals surface area contributed by atoms with Crippen LogP contribution in [0, 0.1) is 5.92 Å². The fourth-order valence-corrected chi connectivity index (χ4v) is 4.56. The number of aliphatic imine (C=N–C) groups is 2. The fourth-order valence-electron chi connectivity index (χ4n) is 4.56. The van der Waals surface area contributed by atoms with Crippen LogP contribution in [0.1, 0.15) is 36.5 Å². The first-order valence-corrected chi connectivity index (χ1v) is 10.2. The Morgan fingerprint density at radius 1 is 1.10 bits per heavy atom. The third-order valence-electron chi connectivity index (χ3n) is 6.15. The molecule has 1 saturated carbocycles. The third kappa shape index (κ3) is 3.23. The van der Waals surface area contributed by atoms with Crippen molar-refractivity contribution in [1.29, 1.82) is 0 Å². The first-order valence-electron chi connectivity index (χ1n) is 10.2. The SMILES string of the molecule is CC1(O)CC(C2=C3C=NC=C[N+]3(N)C(c3ccc(C(=NO)c4ccccc4)cc3)=N2)C1. The van der Waals surface area contributed by atoms with Crippen LogP contribution in [0.2, 0.25) is 0 Å². The topological polar surface area (TPSA) is 104 Å². The van der Waals surface area contributed by atoms with Gasteiger partial charge in [-0.15, -0.1) is 4.59 Å². The highest BCUT2D eigenvalue weighted by Gasteiger charge is 2.50. The second-order valence-electron chi connectivity index (χ2n) is 8.55. The monoisotopic (exact) mass is 414 g/mol. The average Bonchev–Trinajstić information content (AvgIpc) is 3.06. The van der Waals surface area contributed by atoms with Crippen LogP contribution >= 0.6 is 0 Å². The summed E-state index contributed by atoms with van der Waals surface area (Å²) in [6, 6.07) is 17.2. The summed E-state index contributed by atoms with van der Waals surface area (Å²) in [5, 5.41) is 23.3. The normalized spacial score (nSPS) is 29.6. The predicted octanol–water partition coefficient (Wildman–Crippen LogP) is 3.29. The van der Waals surface area contributed by atoms with E-state index in [0.29, 0.717) is 24.4 Å². The average molecular weight is 414 g/mol. The van der Waals surface area contributed by atoms with Crippen LogP contribution in [0.15, 0.2) is 93.5 Å². The Balaban J connectivity index is 1.49. The van der Waals surface area contributed by atoms with E-state index in [1.807, 2.05) is 67.7 Å². The van der Waals surface area contributed by atoms with Crippen LogP contribution < -0.4 is 5.84 Å². The summed E-state index contributed by atoms with van der Waals surface area (Å²) in [5.41, 5.74) is 4.07. The summed E-state index contributed by atoms with van der Waals surface area (Å²) in [4.78, 5) is 9.19. The summed E-state index contributed by atoms with van der Waals surface area (Å²) < 4.78 is -0.0452. The summed E-state index contributed by atoms with van der Waals surface area (Å²) in [6.07, 6.45) is 6.58. The van der Waals surface area contributed by atoms with Gasteiger partial charge in [-0.3, -0.25) is 4.99 Å². The highest BCUT2D eigenvalue weighted by molar-refractivity contribution is 6.13. The number of nitrogens with two attached hydrogens (primary N) is 1. The molecule has 31 heavy (non-hydrogen) atoms. The van der Waals surface area contributed by atoms with Crippen molar-refractivity contribution in [2.75, 3.05) is 0 Å². The van der Waals surface area contributed by atoms with E-state index in [-0.39, 0.29) is 10.5 Å². The number of quaternary nitrogens is 1. The number of amidine groups is 1. The molecule has 7 heteroatoms. The van der Waals surface area contributed by atoms with Crippen molar-refractivity contribution in [2.24, 2.45) is 26.9 Å². The lowest BCUT2D eigenvalue weighted by Crippen LogP contribution is -2.53. The van der Waals surface area contributed by atoms with Gasteiger partial charge < -0.3 is 10.3 Å². The van der Waals surface area contributed by atoms with E-state index >= 15 is 0 Å². The Hall–Kier alpha value is -3.39. The molecule has 0 bridgehead atoms. The van der Waals surface area contributed by atoms with Crippen LogP contribution in [0.3, 0.4) is 0 Å². The molecule has 3 aliphatic rings. The fraction of sp³-hybridized carbons (Fsp3) is 0.208. The van der Waals surface area contributed by atoms with Crippen LogP contribution in [0.25, 0.3) is 0 Å². The van der Waals surface area contributed by atoms with Gasteiger partial charge in [0.1, 0.15) is 17.6 Å². The minimum Gasteiger partial charge on any atom is -0.410 e. The summed E-state index contributed by atoms with van der Waals surface area (Å²) >= 11 is 0. The van der Waals surface area contributed by atoms with E-state index in [4.69, 9.17) is 10.8 Å². The molecule has 0 amide bonds. The van der Waals surface area contributed by atoms with Gasteiger partial charge in [0.2, 0.25) is 5.70 Å². The molecular weight excluding hydrogens is 390 g/mol. The summed E-state index contributed by atoms with van der Waals surface area (Å²) in [7, 11) is 0. The zero-order valence-electron chi connectivity index (χ0n) is 17.2. The molecule has 4 N–H and O–H groups in total. The zero-order valence-corrected chi connectivity index (χ0v) is 17.2. The molecule has 1 fully saturated rings. The molecule has 0 aromatic heterocycles. The molecule has 0 radical (unpaired) electrons. The Bertz CT molecular complexity index is 1170. The molecule has 1 atom stereocenters. The van der Waals surface area contributed by atoms with Crippen LogP contribution in [0.4, 0.5) is 0 Å². The Morgan fingerprint density at radius 2 is 1.77 bits per heavy atom. The Kier molecular flexibility index (Phi) is 4.48. The van der Waals surface area contributed by atoms with Gasteiger partial charge in [0.15, 0.2) is 0 Å². The molecule has 156 valence electrons. The molecule has 7 nitrogen and oxygen atoms in total. The molecule has 0 saturated heterocycles. The van der Waals surface area contributed by atoms with Gasteiger partial charge in [-0.2, -0.15) is 10.8 Å². The highest BCUT2D eigenvalue weighted by Crippen LogP contribution is 2.46. The number of oxime groups is 1. The van der Waals surface area contributed by atoms with Crippen molar-refractivity contribution in [1.82, 2.24) is 0 Å². The van der Waals surface area contributed by atoms with Gasteiger partial charge in [0, 0.05) is 17.0 Å². The van der Waals surface area contributed by atoms with Gasteiger partial charge in [-0.25, -0.2) is 0 Å². The van der Waals surface area contributed by atoms with Gasteiger partial charge >= 0.3 is 0 Å². The lowest BCUT2D eigenvalue weighted by Gasteiger charge is -2.40. The molecule has 5 rings (SSSR count). The van der Waals surface area contributed by atoms with Crippen LogP contribution in [0.5, 0.6) is 0 Å². The molecule has 2 aromatic carbocycles. The predicted molar refractivity (Wildman–Crippen MR) is 119 cm³/mol. The number of nitrogens with zero attached hydrogens (tertiary/aromatic N) is 4. The van der Waals surface area contributed by atoms with Gasteiger partial charge in [0.25, 0.3) is 5.84 Å². The minimum atomic E-state index is -0.651. The third-order valence-corrected chi connectivity index (χ3v) is 6.15. The molecular formula is C24H24N5O2+. The smallest absolute Gasteiger partial charge is 0.264 e. The number of fused-ring (bicyclic) bond motifs is 1. The van der Waals surface area contributed by atoms with Crippen molar-refractivity contribution in [3.8, 4) is 0 Å². The van der Waals surface area contributed by atoms with E-state index in [9.17, 15) is 10.3 Å². The van der Waals surface area contributed by atoms with Gasteiger partial charge in [-0.1, -0.05) is 47.6 Å². The first-order chi connectivity index (χ1) is 14.9. The van der Waals surface area contributed by atoms with E-state index < -0.39 is 5.60 Å². The standard InChI is InChI=1S/C24H23N5O2/c1-24(30)13-19(14-24)22-20-15-26-11-12-29(20,25)23(27-22)18-9-7-17(8-10-18)21(28-31)16-5-3-2-4-6-16/h2-12,15,19,30H,13-14,25H2,1H3/p+1. The second-order valence-corrected chi connectivity index (χ2v) is 8.55. The molecule has 1 unspecified atom stereocenters. The van der Waals surface area contributed by atoms with Crippen molar-refractivity contribution < 1.29 is 14.9 Å². The number of hydrogen-bond donors (Lipinski definition) is 3. The number of hydrogen-bond acceptors (Lipinski definition) is 6. The lowest BCUT2D eigenvalue weighted by atomic mass is 9.70. The highest BCUT2D eigenvalue weighted by atomic mass is 16.4. The maximum atomic E-state index is 10.2. The van der Waals surface area contributed by atoms with E-state index in [0.717, 1.165) is 28.1 Å². The quantitative estimate of drug-likeness (QED) is 0.235. The minimum absolute atomic E-state index is 0.0452. The Labute approximate surface area is 180 Å². The summed E-state index contributed by atoms with van der Waals surface area (Å²) in [6.45, 7) is 1.85. The van der Waals surface area contributed by atoms with Crippen LogP contribution in [-0.2, 0) is 0 Å². The summed E-state index contributed by atoms with van der Waals surface area (Å²) in [5.74, 6) is 7.64. The van der Waals surface area contributed by atoms with Gasteiger partial charge in [-0.05, 0) is 31.9 Å². The molecule has 2 aliphatic heterocycles. The first kappa shape index (κ1) is 19.6. The zero-order chi connectivity index (χ0) is 21.6. The number of aliphatic hydroxyl groups is 1. The van der Waals surface area contributed by atoms with Crippen molar-refractivity contribution >= 4 is 17.8 Å². The van der Waals surface area contributed by atoms with Gasteiger partial charge in [0.05, 0.1) is 23.6 Å². The maximum absolute atomic E-state index is 10.2. The Morgan fingerprint density at radius 3 is 2.42 bits per heavy atom. The molecule has 2 heterocycles. The second kappa shape index (κ2) is 7.09. The van der Waals surface area contributed by atoms with Crippen molar-refractivity contribution in [3.05, 3.63) is 95.1 Å². The molecule has 0 spiro atoms.